The van der Waals surface area contributed by atoms with Crippen LogP contribution in [0.3, 0.4) is 0 Å². The van der Waals surface area contributed by atoms with Crippen LogP contribution in [0, 0.1) is 0 Å². The zero-order valence-electron chi connectivity index (χ0n) is 16.3. The molecule has 4 nitrogen and oxygen atoms in total. The Morgan fingerprint density at radius 3 is 2.70 bits per heavy atom. The van der Waals surface area contributed by atoms with Gasteiger partial charge in [0, 0.05) is 33.4 Å². The van der Waals surface area contributed by atoms with E-state index in [4.69, 9.17) is 11.6 Å². The number of aryl methyl sites for hydroxylation is 1. The molecule has 0 unspecified atom stereocenters. The second-order valence-corrected chi connectivity index (χ2v) is 8.54. The van der Waals surface area contributed by atoms with Crippen molar-refractivity contribution in [2.75, 3.05) is 22.5 Å². The molecule has 1 aliphatic rings. The Morgan fingerprint density at radius 2 is 1.83 bits per heavy atom. The van der Waals surface area contributed by atoms with Crippen molar-refractivity contribution in [2.45, 2.75) is 17.7 Å². The maximum absolute atomic E-state index is 12.8. The van der Waals surface area contributed by atoms with Crippen molar-refractivity contribution in [1.82, 2.24) is 0 Å². The van der Waals surface area contributed by atoms with Crippen LogP contribution in [0.4, 0.5) is 11.4 Å². The third-order valence-electron chi connectivity index (χ3n) is 4.95. The van der Waals surface area contributed by atoms with E-state index in [-0.39, 0.29) is 11.8 Å². The largest absolute Gasteiger partial charge is 0.322 e. The lowest BCUT2D eigenvalue weighted by Crippen LogP contribution is -2.36. The van der Waals surface area contributed by atoms with E-state index in [1.807, 2.05) is 47.4 Å². The number of benzene rings is 3. The van der Waals surface area contributed by atoms with Gasteiger partial charge in [0.2, 0.25) is 5.91 Å². The number of rotatable bonds is 5. The van der Waals surface area contributed by atoms with Crippen molar-refractivity contribution in [2.24, 2.45) is 0 Å². The molecule has 0 spiro atoms. The molecule has 4 rings (SSSR count). The van der Waals surface area contributed by atoms with Crippen LogP contribution in [0.25, 0.3) is 0 Å². The number of carbonyl (C=O) groups excluding carboxylic acids is 2. The molecule has 0 radical (unpaired) electrons. The maximum atomic E-state index is 12.8. The summed E-state index contributed by atoms with van der Waals surface area (Å²) in [5, 5.41) is 3.40. The molecule has 6 heteroatoms. The normalized spacial score (nSPS) is 12.9. The molecular formula is C24H21ClN2O2S. The van der Waals surface area contributed by atoms with E-state index < -0.39 is 0 Å². The summed E-state index contributed by atoms with van der Waals surface area (Å²) < 4.78 is 0. The van der Waals surface area contributed by atoms with E-state index in [0.29, 0.717) is 22.0 Å². The number of nitrogens with one attached hydrogen (secondary N) is 1. The number of para-hydroxylation sites is 1. The molecule has 0 saturated carbocycles. The summed E-state index contributed by atoms with van der Waals surface area (Å²) >= 11 is 7.44. The third kappa shape index (κ3) is 4.86. The smallest absolute Gasteiger partial charge is 0.255 e. The number of hydrogen-bond donors (Lipinski definition) is 1. The maximum Gasteiger partial charge on any atom is 0.255 e. The fraction of sp³-hybridized carbons (Fsp3) is 0.167. The van der Waals surface area contributed by atoms with Gasteiger partial charge in [-0.2, -0.15) is 0 Å². The van der Waals surface area contributed by atoms with Crippen molar-refractivity contribution >= 4 is 46.6 Å². The van der Waals surface area contributed by atoms with Crippen molar-refractivity contribution < 1.29 is 9.59 Å². The van der Waals surface area contributed by atoms with Crippen LogP contribution < -0.4 is 10.2 Å². The second kappa shape index (κ2) is 9.37. The standard InChI is InChI=1S/C24H21ClN2O2S/c25-19-9-3-7-18(14-19)24(29)26-20-10-4-11-21(15-20)30-16-23(28)27-13-5-8-17-6-1-2-12-22(17)27/h1-4,6-7,9-12,14-15H,5,8,13,16H2,(H,26,29). The highest BCUT2D eigenvalue weighted by molar-refractivity contribution is 8.00. The minimum Gasteiger partial charge on any atom is -0.322 e. The Labute approximate surface area is 185 Å². The number of amides is 2. The topological polar surface area (TPSA) is 49.4 Å². The fourth-order valence-electron chi connectivity index (χ4n) is 3.51. The van der Waals surface area contributed by atoms with E-state index in [1.54, 1.807) is 24.3 Å². The molecule has 1 heterocycles. The predicted octanol–water partition coefficient (Wildman–Crippen LogP) is 5.66. The highest BCUT2D eigenvalue weighted by Crippen LogP contribution is 2.29. The van der Waals surface area contributed by atoms with E-state index in [2.05, 4.69) is 11.4 Å². The van der Waals surface area contributed by atoms with E-state index in [1.165, 1.54) is 17.3 Å². The SMILES string of the molecule is O=C(Nc1cccc(SCC(=O)N2CCCc3ccccc32)c1)c1cccc(Cl)c1. The first-order valence-electron chi connectivity index (χ1n) is 9.78. The highest BCUT2D eigenvalue weighted by atomic mass is 35.5. The first kappa shape index (κ1) is 20.5. The van der Waals surface area contributed by atoms with Gasteiger partial charge >= 0.3 is 0 Å². The van der Waals surface area contributed by atoms with E-state index >= 15 is 0 Å². The number of fused-ring (bicyclic) bond motifs is 1. The van der Waals surface area contributed by atoms with E-state index in [9.17, 15) is 9.59 Å². The van der Waals surface area contributed by atoms with Gasteiger partial charge in [0.25, 0.3) is 5.91 Å². The van der Waals surface area contributed by atoms with Gasteiger partial charge in [-0.05, 0) is 60.9 Å². The molecule has 152 valence electrons. The van der Waals surface area contributed by atoms with Crippen molar-refractivity contribution in [3.05, 3.63) is 88.9 Å². The van der Waals surface area contributed by atoms with Crippen molar-refractivity contribution in [3.8, 4) is 0 Å². The van der Waals surface area contributed by atoms with Gasteiger partial charge in [-0.3, -0.25) is 9.59 Å². The van der Waals surface area contributed by atoms with Gasteiger partial charge < -0.3 is 10.2 Å². The Bertz CT molecular complexity index is 1090. The molecule has 1 N–H and O–H groups in total. The fourth-order valence-corrected chi connectivity index (χ4v) is 4.53. The monoisotopic (exact) mass is 436 g/mol. The third-order valence-corrected chi connectivity index (χ3v) is 6.17. The summed E-state index contributed by atoms with van der Waals surface area (Å²) in [6, 6.07) is 22.4. The second-order valence-electron chi connectivity index (χ2n) is 7.06. The molecule has 3 aromatic carbocycles. The molecular weight excluding hydrogens is 416 g/mol. The van der Waals surface area contributed by atoms with Gasteiger partial charge in [0.1, 0.15) is 0 Å². The molecule has 0 fully saturated rings. The Morgan fingerprint density at radius 1 is 1.00 bits per heavy atom. The van der Waals surface area contributed by atoms with Crippen LogP contribution in [0.1, 0.15) is 22.3 Å². The van der Waals surface area contributed by atoms with Crippen LogP contribution >= 0.6 is 23.4 Å². The first-order valence-corrected chi connectivity index (χ1v) is 11.1. The molecule has 2 amide bonds. The minimum atomic E-state index is -0.222. The average Bonchev–Trinajstić information content (AvgIpc) is 2.77. The van der Waals surface area contributed by atoms with Crippen LogP contribution in [0.5, 0.6) is 0 Å². The molecule has 30 heavy (non-hydrogen) atoms. The number of nitrogens with zero attached hydrogens (tertiary/aromatic N) is 1. The molecule has 3 aromatic rings. The van der Waals surface area contributed by atoms with Gasteiger partial charge in [0.15, 0.2) is 0 Å². The molecule has 0 bridgehead atoms. The summed E-state index contributed by atoms with van der Waals surface area (Å²) in [4.78, 5) is 28.1. The number of anilines is 2. The molecule has 1 aliphatic heterocycles. The summed E-state index contributed by atoms with van der Waals surface area (Å²) in [5.41, 5.74) is 3.44. The van der Waals surface area contributed by atoms with Gasteiger partial charge in [-0.1, -0.05) is 41.9 Å². The zero-order chi connectivity index (χ0) is 20.9. The lowest BCUT2D eigenvalue weighted by molar-refractivity contribution is -0.116. The first-order chi connectivity index (χ1) is 14.6. The van der Waals surface area contributed by atoms with Crippen molar-refractivity contribution in [3.63, 3.8) is 0 Å². The van der Waals surface area contributed by atoms with Crippen molar-refractivity contribution in [1.29, 1.82) is 0 Å². The highest BCUT2D eigenvalue weighted by Gasteiger charge is 2.22. The van der Waals surface area contributed by atoms with E-state index in [0.717, 1.165) is 30.0 Å². The summed E-state index contributed by atoms with van der Waals surface area (Å²) in [7, 11) is 0. The minimum absolute atomic E-state index is 0.0977. The van der Waals surface area contributed by atoms with Crippen LogP contribution in [0.15, 0.2) is 77.7 Å². The van der Waals surface area contributed by atoms with Gasteiger partial charge in [-0.15, -0.1) is 11.8 Å². The van der Waals surface area contributed by atoms with Crippen LogP contribution in [-0.4, -0.2) is 24.1 Å². The number of thioether (sulfide) groups is 1. The van der Waals surface area contributed by atoms with Crippen LogP contribution in [-0.2, 0) is 11.2 Å². The molecule has 0 atom stereocenters. The van der Waals surface area contributed by atoms with Gasteiger partial charge in [0.05, 0.1) is 5.75 Å². The Kier molecular flexibility index (Phi) is 6.41. The van der Waals surface area contributed by atoms with Gasteiger partial charge in [-0.25, -0.2) is 0 Å². The summed E-state index contributed by atoms with van der Waals surface area (Å²) in [6.07, 6.45) is 2.00. The lowest BCUT2D eigenvalue weighted by Gasteiger charge is -2.29. The number of halogens is 1. The zero-order valence-corrected chi connectivity index (χ0v) is 17.9. The Balaban J connectivity index is 1.39. The molecule has 0 aromatic heterocycles. The summed E-state index contributed by atoms with van der Waals surface area (Å²) in [6.45, 7) is 0.756. The van der Waals surface area contributed by atoms with Crippen LogP contribution in [0.2, 0.25) is 5.02 Å². The average molecular weight is 437 g/mol. The predicted molar refractivity (Wildman–Crippen MR) is 124 cm³/mol. The number of hydrogen-bond acceptors (Lipinski definition) is 3. The quantitative estimate of drug-likeness (QED) is 0.524. The molecule has 0 aliphatic carbocycles. The number of carbonyl (C=O) groups is 2. The molecule has 0 saturated heterocycles. The summed E-state index contributed by atoms with van der Waals surface area (Å²) in [5.74, 6) is 0.223. The Hall–Kier alpha value is -2.76. The lowest BCUT2D eigenvalue weighted by atomic mass is 10.0.